The number of nitrogens with one attached hydrogen (secondary N) is 1. The zero-order valence-corrected chi connectivity index (χ0v) is 11.6. The van der Waals surface area contributed by atoms with Gasteiger partial charge in [0.15, 0.2) is 0 Å². The molecule has 1 aliphatic heterocycles. The van der Waals surface area contributed by atoms with Crippen molar-refractivity contribution < 1.29 is 29.4 Å². The number of carboxylic acid groups (broad SMARTS) is 2. The van der Waals surface area contributed by atoms with Crippen LogP contribution in [0.25, 0.3) is 0 Å². The van der Waals surface area contributed by atoms with Gasteiger partial charge in [0.05, 0.1) is 22.3 Å². The number of benzene rings is 2. The molecule has 3 N–H and O–H groups in total. The van der Waals surface area contributed by atoms with Crippen molar-refractivity contribution >= 4 is 75.1 Å². The number of hydrogen-bond acceptors (Lipinski definition) is 4. The quantitative estimate of drug-likeness (QED) is 0.547. The molecular weight excluding hydrogens is 341 g/mol. The van der Waals surface area contributed by atoms with Crippen molar-refractivity contribution in [1.29, 1.82) is 0 Å². The van der Waals surface area contributed by atoms with Gasteiger partial charge in [-0.25, -0.2) is 9.59 Å². The van der Waals surface area contributed by atoms with E-state index >= 15 is 0 Å². The molecule has 0 saturated heterocycles. The van der Waals surface area contributed by atoms with Crippen LogP contribution in [-0.4, -0.2) is 85.4 Å². The van der Waals surface area contributed by atoms with Gasteiger partial charge in [-0.15, -0.1) is 0 Å². The minimum atomic E-state index is -1.23. The van der Waals surface area contributed by atoms with Gasteiger partial charge in [0.25, 0.3) is 11.8 Å². The van der Waals surface area contributed by atoms with E-state index in [1.807, 2.05) is 0 Å². The number of rotatable bonds is 2. The Morgan fingerprint density at radius 2 is 1.04 bits per heavy atom. The predicted molar refractivity (Wildman–Crippen MR) is 85.7 cm³/mol. The van der Waals surface area contributed by atoms with Crippen LogP contribution in [0.5, 0.6) is 0 Å². The monoisotopic (exact) mass is 353 g/mol. The van der Waals surface area contributed by atoms with Gasteiger partial charge in [-0.1, -0.05) is 24.3 Å². The summed E-state index contributed by atoms with van der Waals surface area (Å²) in [4.78, 5) is 42.8. The Morgan fingerprint density at radius 3 is 1.38 bits per heavy atom. The van der Waals surface area contributed by atoms with E-state index in [9.17, 15) is 19.2 Å². The third-order valence-electron chi connectivity index (χ3n) is 3.03. The number of imide groups is 1. The molecule has 7 nitrogen and oxygen atoms in total. The average molecular weight is 353 g/mol. The number of aromatic carboxylic acids is 2. The molecule has 0 aliphatic carbocycles. The van der Waals surface area contributed by atoms with Gasteiger partial charge in [0.2, 0.25) is 0 Å². The van der Waals surface area contributed by atoms with Crippen LogP contribution in [0, 0.1) is 0 Å². The summed E-state index contributed by atoms with van der Waals surface area (Å²) in [5, 5.41) is 19.3. The number of amides is 2. The Balaban J connectivity index is 0.000000231. The molecule has 0 atom stereocenters. The molecule has 118 valence electrons. The average Bonchev–Trinajstić information content (AvgIpc) is 2.83. The topological polar surface area (TPSA) is 121 Å². The molecule has 2 amide bonds. The summed E-state index contributed by atoms with van der Waals surface area (Å²) in [6.45, 7) is 0. The van der Waals surface area contributed by atoms with Crippen molar-refractivity contribution in [1.82, 2.24) is 5.32 Å². The third kappa shape index (κ3) is 4.59. The Bertz CT molecular complexity index is 752. The van der Waals surface area contributed by atoms with E-state index in [0.717, 1.165) is 0 Å². The molecule has 1 aliphatic rings. The first-order chi connectivity index (χ1) is 10.9. The molecule has 0 radical (unpaired) electrons. The van der Waals surface area contributed by atoms with E-state index in [1.165, 1.54) is 24.3 Å². The van der Waals surface area contributed by atoms with Gasteiger partial charge in [-0.3, -0.25) is 14.9 Å². The van der Waals surface area contributed by atoms with Gasteiger partial charge in [0, 0.05) is 0 Å². The summed E-state index contributed by atoms with van der Waals surface area (Å²) in [5.74, 6) is -3.06. The second-order valence-electron chi connectivity index (χ2n) is 4.48. The van der Waals surface area contributed by atoms with E-state index < -0.39 is 11.9 Å². The van der Waals surface area contributed by atoms with Gasteiger partial charge in [-0.05, 0) is 24.3 Å². The second-order valence-corrected chi connectivity index (χ2v) is 4.48. The maximum atomic E-state index is 10.9. The summed E-state index contributed by atoms with van der Waals surface area (Å²) in [5.41, 5.74) is 0.560. The van der Waals surface area contributed by atoms with Crippen LogP contribution in [0.4, 0.5) is 0 Å². The van der Waals surface area contributed by atoms with Crippen LogP contribution in [0.1, 0.15) is 41.4 Å². The van der Waals surface area contributed by atoms with Gasteiger partial charge < -0.3 is 10.2 Å². The molecular formula is C16H12KNO6. The van der Waals surface area contributed by atoms with Crippen LogP contribution in [0.3, 0.4) is 0 Å². The molecule has 0 fully saturated rings. The molecule has 0 unspecified atom stereocenters. The molecule has 2 aromatic carbocycles. The number of carboxylic acids is 2. The van der Waals surface area contributed by atoms with Crippen LogP contribution in [-0.2, 0) is 0 Å². The van der Waals surface area contributed by atoms with Crippen LogP contribution in [0.15, 0.2) is 48.5 Å². The van der Waals surface area contributed by atoms with E-state index in [-0.39, 0.29) is 74.3 Å². The Labute approximate surface area is 179 Å². The number of carbonyl (C=O) groups is 4. The van der Waals surface area contributed by atoms with Gasteiger partial charge in [-0.2, -0.15) is 0 Å². The van der Waals surface area contributed by atoms with Crippen molar-refractivity contribution in [3.05, 3.63) is 70.8 Å². The summed E-state index contributed by atoms with van der Waals surface area (Å²) in [6, 6.07) is 12.2. The zero-order valence-electron chi connectivity index (χ0n) is 11.6. The zero-order chi connectivity index (χ0) is 17.0. The molecule has 3 rings (SSSR count). The minimum absolute atomic E-state index is 0. The third-order valence-corrected chi connectivity index (χ3v) is 3.03. The molecule has 24 heavy (non-hydrogen) atoms. The van der Waals surface area contributed by atoms with E-state index in [2.05, 4.69) is 5.32 Å². The normalized spacial score (nSPS) is 11.3. The fourth-order valence-corrected chi connectivity index (χ4v) is 1.97. The Hall–Kier alpha value is -1.84. The molecule has 0 saturated carbocycles. The van der Waals surface area contributed by atoms with Crippen molar-refractivity contribution in [2.24, 2.45) is 0 Å². The Kier molecular flexibility index (Phi) is 7.45. The molecule has 0 aromatic heterocycles. The maximum absolute atomic E-state index is 10.9. The predicted octanol–water partition coefficient (Wildman–Crippen LogP) is 1.00. The number of carbonyl (C=O) groups excluding carboxylic acids is 2. The van der Waals surface area contributed by atoms with Crippen molar-refractivity contribution in [3.8, 4) is 0 Å². The first-order valence-electron chi connectivity index (χ1n) is 6.42. The standard InChI is InChI=1S/C8H5NO2.C8H6O4.K.H/c10-7-5-3-1-2-4-6(5)8(11)9-7;9-7(10)5-3-1-2-4-6(5)8(11)12;;/h1-4H,(H,9,10,11);1-4H,(H,9,10)(H,11,12);;. The summed E-state index contributed by atoms with van der Waals surface area (Å²) in [6.07, 6.45) is 0. The summed E-state index contributed by atoms with van der Waals surface area (Å²) < 4.78 is 0. The summed E-state index contributed by atoms with van der Waals surface area (Å²) in [7, 11) is 0. The first kappa shape index (κ1) is 20.2. The number of fused-ring (bicyclic) bond motifs is 1. The van der Waals surface area contributed by atoms with Crippen molar-refractivity contribution in [3.63, 3.8) is 0 Å². The second kappa shape index (κ2) is 8.85. The molecule has 2 aromatic rings. The van der Waals surface area contributed by atoms with Crippen LogP contribution in [0.2, 0.25) is 0 Å². The SMILES string of the molecule is O=C(O)c1ccccc1C(=O)O.O=C1NC(=O)c2ccccc21.[KH]. The molecule has 8 heteroatoms. The fraction of sp³-hybridized carbons (Fsp3) is 0. The number of hydrogen-bond donors (Lipinski definition) is 3. The van der Waals surface area contributed by atoms with E-state index in [0.29, 0.717) is 11.1 Å². The van der Waals surface area contributed by atoms with E-state index in [1.54, 1.807) is 24.3 Å². The molecule has 1 heterocycles. The van der Waals surface area contributed by atoms with Crippen LogP contribution < -0.4 is 5.32 Å². The summed E-state index contributed by atoms with van der Waals surface area (Å²) >= 11 is 0. The van der Waals surface area contributed by atoms with Crippen LogP contribution >= 0.6 is 0 Å². The Morgan fingerprint density at radius 1 is 0.708 bits per heavy atom. The van der Waals surface area contributed by atoms with Crippen molar-refractivity contribution in [2.75, 3.05) is 0 Å². The van der Waals surface area contributed by atoms with Gasteiger partial charge >= 0.3 is 63.3 Å². The first-order valence-corrected chi connectivity index (χ1v) is 6.42. The molecule has 0 bridgehead atoms. The van der Waals surface area contributed by atoms with Gasteiger partial charge in [0.1, 0.15) is 0 Å². The fourth-order valence-electron chi connectivity index (χ4n) is 1.97. The van der Waals surface area contributed by atoms with Crippen molar-refractivity contribution in [2.45, 2.75) is 0 Å². The van der Waals surface area contributed by atoms with E-state index in [4.69, 9.17) is 10.2 Å². The molecule has 0 spiro atoms.